The Bertz CT molecular complexity index is 497. The minimum atomic E-state index is -0.109. The Morgan fingerprint density at radius 1 is 1.24 bits per heavy atom. The molecule has 0 fully saturated rings. The van der Waals surface area contributed by atoms with Crippen LogP contribution in [0.2, 0.25) is 0 Å². The summed E-state index contributed by atoms with van der Waals surface area (Å²) < 4.78 is 0. The molecule has 1 aromatic rings. The molecule has 2 rings (SSSR count). The van der Waals surface area contributed by atoms with Gasteiger partial charge in [0.2, 0.25) is 0 Å². The van der Waals surface area contributed by atoms with E-state index in [0.29, 0.717) is 6.42 Å². The number of benzene rings is 1. The topological polar surface area (TPSA) is 17.1 Å². The number of hydrogen-bond acceptors (Lipinski definition) is 1. The molecule has 1 aliphatic rings. The summed E-state index contributed by atoms with van der Waals surface area (Å²) in [5, 5.41) is -0.109. The number of hydrogen-bond donors (Lipinski definition) is 0. The van der Waals surface area contributed by atoms with E-state index in [2.05, 4.69) is 6.08 Å². The Kier molecular flexibility index (Phi) is 3.49. The van der Waals surface area contributed by atoms with Crippen LogP contribution in [0.5, 0.6) is 0 Å². The fourth-order valence-electron chi connectivity index (χ4n) is 2.11. The molecule has 1 atom stereocenters. The SMILES string of the molecule is CC1=CC(C)=C(CC(=O)c2ccccc2)C1Cl. The molecule has 0 heterocycles. The molecule has 0 aromatic heterocycles. The van der Waals surface area contributed by atoms with Gasteiger partial charge in [-0.05, 0) is 25.0 Å². The van der Waals surface area contributed by atoms with Crippen molar-refractivity contribution in [2.24, 2.45) is 0 Å². The van der Waals surface area contributed by atoms with E-state index in [4.69, 9.17) is 11.6 Å². The molecule has 0 aliphatic heterocycles. The van der Waals surface area contributed by atoms with Crippen molar-refractivity contribution < 1.29 is 4.79 Å². The predicted molar refractivity (Wildman–Crippen MR) is 71.5 cm³/mol. The largest absolute Gasteiger partial charge is 0.294 e. The third-order valence-corrected chi connectivity index (χ3v) is 3.71. The molecule has 1 nitrogen and oxygen atoms in total. The predicted octanol–water partition coefficient (Wildman–Crippen LogP) is 4.14. The minimum Gasteiger partial charge on any atom is -0.294 e. The first-order valence-corrected chi connectivity index (χ1v) is 6.13. The van der Waals surface area contributed by atoms with Crippen LogP contribution in [-0.4, -0.2) is 11.2 Å². The highest BCUT2D eigenvalue weighted by molar-refractivity contribution is 6.25. The fraction of sp³-hybridized carbons (Fsp3) is 0.267. The van der Waals surface area contributed by atoms with Crippen LogP contribution in [0.1, 0.15) is 30.6 Å². The van der Waals surface area contributed by atoms with Gasteiger partial charge in [0.25, 0.3) is 0 Å². The molecule has 0 bridgehead atoms. The van der Waals surface area contributed by atoms with E-state index >= 15 is 0 Å². The number of rotatable bonds is 3. The first-order valence-electron chi connectivity index (χ1n) is 5.69. The van der Waals surface area contributed by atoms with Gasteiger partial charge in [-0.15, -0.1) is 11.6 Å². The van der Waals surface area contributed by atoms with Gasteiger partial charge in [0.1, 0.15) is 0 Å². The van der Waals surface area contributed by atoms with E-state index < -0.39 is 0 Å². The monoisotopic (exact) mass is 246 g/mol. The molecule has 1 unspecified atom stereocenters. The molecule has 17 heavy (non-hydrogen) atoms. The van der Waals surface area contributed by atoms with Crippen molar-refractivity contribution in [3.05, 3.63) is 58.7 Å². The van der Waals surface area contributed by atoms with Crippen LogP contribution in [0.25, 0.3) is 0 Å². The molecule has 0 saturated heterocycles. The highest BCUT2D eigenvalue weighted by Gasteiger charge is 2.23. The average molecular weight is 247 g/mol. The van der Waals surface area contributed by atoms with Crippen molar-refractivity contribution in [1.82, 2.24) is 0 Å². The fourth-order valence-corrected chi connectivity index (χ4v) is 2.42. The average Bonchev–Trinajstić information content (AvgIpc) is 2.57. The van der Waals surface area contributed by atoms with E-state index in [0.717, 1.165) is 22.3 Å². The third-order valence-electron chi connectivity index (χ3n) is 3.10. The maximum absolute atomic E-state index is 12.1. The number of carbonyl (C=O) groups is 1. The normalized spacial score (nSPS) is 19.5. The third kappa shape index (κ3) is 2.50. The second-order valence-electron chi connectivity index (χ2n) is 4.43. The number of halogens is 1. The lowest BCUT2D eigenvalue weighted by Crippen LogP contribution is -2.08. The van der Waals surface area contributed by atoms with Gasteiger partial charge in [-0.2, -0.15) is 0 Å². The van der Waals surface area contributed by atoms with Crippen molar-refractivity contribution in [1.29, 1.82) is 0 Å². The van der Waals surface area contributed by atoms with Crippen LogP contribution in [0.3, 0.4) is 0 Å². The van der Waals surface area contributed by atoms with Crippen LogP contribution in [0.4, 0.5) is 0 Å². The van der Waals surface area contributed by atoms with Crippen molar-refractivity contribution in [3.63, 3.8) is 0 Å². The quantitative estimate of drug-likeness (QED) is 0.579. The Morgan fingerprint density at radius 3 is 2.41 bits per heavy atom. The summed E-state index contributed by atoms with van der Waals surface area (Å²) >= 11 is 6.28. The Balaban J connectivity index is 2.14. The van der Waals surface area contributed by atoms with Gasteiger partial charge >= 0.3 is 0 Å². The van der Waals surface area contributed by atoms with E-state index in [1.807, 2.05) is 44.2 Å². The highest BCUT2D eigenvalue weighted by atomic mass is 35.5. The zero-order valence-corrected chi connectivity index (χ0v) is 10.8. The highest BCUT2D eigenvalue weighted by Crippen LogP contribution is 2.32. The van der Waals surface area contributed by atoms with E-state index in [1.165, 1.54) is 0 Å². The molecule has 0 spiro atoms. The van der Waals surface area contributed by atoms with Crippen molar-refractivity contribution >= 4 is 17.4 Å². The smallest absolute Gasteiger partial charge is 0.166 e. The summed E-state index contributed by atoms with van der Waals surface area (Å²) in [6, 6.07) is 9.36. The molecular formula is C15H15ClO. The second-order valence-corrected chi connectivity index (χ2v) is 4.86. The second kappa shape index (κ2) is 4.89. The van der Waals surface area contributed by atoms with E-state index in [1.54, 1.807) is 0 Å². The summed E-state index contributed by atoms with van der Waals surface area (Å²) in [4.78, 5) is 12.1. The minimum absolute atomic E-state index is 0.109. The number of Topliss-reactive ketones (excluding diaryl/α,β-unsaturated/α-hetero) is 1. The summed E-state index contributed by atoms with van der Waals surface area (Å²) in [7, 11) is 0. The van der Waals surface area contributed by atoms with Crippen LogP contribution in [0, 0.1) is 0 Å². The van der Waals surface area contributed by atoms with Gasteiger partial charge in [-0.25, -0.2) is 0 Å². The van der Waals surface area contributed by atoms with E-state index in [9.17, 15) is 4.79 Å². The lowest BCUT2D eigenvalue weighted by atomic mass is 9.99. The summed E-state index contributed by atoms with van der Waals surface area (Å²) in [5.41, 5.74) is 4.05. The number of carbonyl (C=O) groups excluding carboxylic acids is 1. The van der Waals surface area contributed by atoms with Gasteiger partial charge in [0, 0.05) is 12.0 Å². The first-order chi connectivity index (χ1) is 8.09. The van der Waals surface area contributed by atoms with Gasteiger partial charge < -0.3 is 0 Å². The maximum Gasteiger partial charge on any atom is 0.166 e. The Hall–Kier alpha value is -1.34. The molecular weight excluding hydrogens is 232 g/mol. The molecule has 0 radical (unpaired) electrons. The standard InChI is InChI=1S/C15H15ClO/c1-10-8-11(2)15(16)13(10)9-14(17)12-6-4-3-5-7-12/h3-8,15H,9H2,1-2H3. The maximum atomic E-state index is 12.1. The zero-order chi connectivity index (χ0) is 12.4. The lowest BCUT2D eigenvalue weighted by molar-refractivity contribution is 0.0992. The zero-order valence-electron chi connectivity index (χ0n) is 10.0. The van der Waals surface area contributed by atoms with Gasteiger partial charge in [-0.3, -0.25) is 4.79 Å². The van der Waals surface area contributed by atoms with Crippen molar-refractivity contribution in [2.45, 2.75) is 25.6 Å². The summed E-state index contributed by atoms with van der Waals surface area (Å²) in [5.74, 6) is 0.133. The van der Waals surface area contributed by atoms with Gasteiger partial charge in [-0.1, -0.05) is 42.0 Å². The van der Waals surface area contributed by atoms with E-state index in [-0.39, 0.29) is 11.2 Å². The molecule has 88 valence electrons. The number of ketones is 1. The molecule has 0 amide bonds. The molecule has 2 heteroatoms. The van der Waals surface area contributed by atoms with Crippen LogP contribution < -0.4 is 0 Å². The van der Waals surface area contributed by atoms with Crippen LogP contribution in [0.15, 0.2) is 53.1 Å². The molecule has 0 N–H and O–H groups in total. The first kappa shape index (κ1) is 12.1. The Labute approximate surface area is 107 Å². The summed E-state index contributed by atoms with van der Waals surface area (Å²) in [6.45, 7) is 4.01. The molecule has 0 saturated carbocycles. The Morgan fingerprint density at radius 2 is 1.88 bits per heavy atom. The summed E-state index contributed by atoms with van der Waals surface area (Å²) in [6.07, 6.45) is 2.48. The molecule has 1 aromatic carbocycles. The van der Waals surface area contributed by atoms with Gasteiger partial charge in [0.05, 0.1) is 5.38 Å². The van der Waals surface area contributed by atoms with Crippen LogP contribution in [-0.2, 0) is 0 Å². The van der Waals surface area contributed by atoms with Gasteiger partial charge in [0.15, 0.2) is 5.78 Å². The number of alkyl halides is 1. The van der Waals surface area contributed by atoms with Crippen molar-refractivity contribution in [3.8, 4) is 0 Å². The van der Waals surface area contributed by atoms with Crippen molar-refractivity contribution in [2.75, 3.05) is 0 Å². The van der Waals surface area contributed by atoms with Crippen LogP contribution >= 0.6 is 11.6 Å². The number of allylic oxidation sites excluding steroid dienone is 4. The lowest BCUT2D eigenvalue weighted by Gasteiger charge is -2.10. The molecule has 1 aliphatic carbocycles.